The number of piperidine rings is 1. The summed E-state index contributed by atoms with van der Waals surface area (Å²) in [6.45, 7) is 5.46. The Bertz CT molecular complexity index is 1030. The Kier molecular flexibility index (Phi) is 7.45. The Balaban J connectivity index is 1.66. The molecule has 2 aliphatic heterocycles. The molecule has 1 aromatic carbocycles. The second-order valence-corrected chi connectivity index (χ2v) is 7.43. The van der Waals surface area contributed by atoms with E-state index in [1.54, 1.807) is 24.2 Å². The fraction of sp³-hybridized carbons (Fsp3) is 0.381. The molecule has 0 bridgehead atoms. The van der Waals surface area contributed by atoms with Crippen LogP contribution in [0.15, 0.2) is 63.2 Å². The largest absolute Gasteiger partial charge is 0.419 e. The van der Waals surface area contributed by atoms with Crippen LogP contribution in [0.3, 0.4) is 0 Å². The van der Waals surface area contributed by atoms with Crippen LogP contribution in [0.4, 0.5) is 20.6 Å². The number of benzene rings is 1. The lowest BCUT2D eigenvalue weighted by Crippen LogP contribution is -2.36. The van der Waals surface area contributed by atoms with Crippen LogP contribution in [0.5, 0.6) is 0 Å². The highest BCUT2D eigenvalue weighted by molar-refractivity contribution is 5.91. The van der Waals surface area contributed by atoms with Gasteiger partial charge in [-0.2, -0.15) is 10.1 Å². The summed E-state index contributed by atoms with van der Waals surface area (Å²) in [5.74, 6) is 5.16. The molecular formula is C21H26FN9O2. The molecule has 12 heteroatoms. The lowest BCUT2D eigenvalue weighted by Gasteiger charge is -2.35. The van der Waals surface area contributed by atoms with Crippen LogP contribution in [0, 0.1) is 24.2 Å². The number of nitrogens with two attached hydrogens (primary N) is 1. The monoisotopic (exact) mass is 455 g/mol. The van der Waals surface area contributed by atoms with Crippen molar-refractivity contribution in [1.82, 2.24) is 10.0 Å². The van der Waals surface area contributed by atoms with Crippen LogP contribution in [-0.4, -0.2) is 49.8 Å². The standard InChI is InChI=1S/C21H26FN9O2/c1-5-30(26-24-3)13-18-14-31(21(32)33-18)17-6-7-20(19(22)12-17)29-10-8-16(9-11-29)15(2)28(4)27-25-23/h1,6-7,12-13,16H,2,8-11,14H2,3-4H3,(H2,23,27)/b18-13-,26-24?. The number of cyclic esters (lactones) is 1. The van der Waals surface area contributed by atoms with Gasteiger partial charge in [-0.25, -0.2) is 9.18 Å². The molecule has 0 spiro atoms. The van der Waals surface area contributed by atoms with Gasteiger partial charge in [0, 0.05) is 37.8 Å². The average molecular weight is 455 g/mol. The molecule has 0 saturated carbocycles. The van der Waals surface area contributed by atoms with E-state index in [4.69, 9.17) is 17.0 Å². The number of rotatable bonds is 7. The minimum absolute atomic E-state index is 0.0934. The summed E-state index contributed by atoms with van der Waals surface area (Å²) in [5.41, 5.74) is 1.67. The zero-order valence-electron chi connectivity index (χ0n) is 18.6. The fourth-order valence-corrected chi connectivity index (χ4v) is 3.78. The van der Waals surface area contributed by atoms with Gasteiger partial charge in [0.2, 0.25) is 0 Å². The summed E-state index contributed by atoms with van der Waals surface area (Å²) in [6.07, 6.45) is 7.65. The molecule has 0 radical (unpaired) electrons. The first-order valence-corrected chi connectivity index (χ1v) is 10.2. The zero-order valence-corrected chi connectivity index (χ0v) is 18.6. The Morgan fingerprint density at radius 1 is 1.39 bits per heavy atom. The van der Waals surface area contributed by atoms with E-state index >= 15 is 0 Å². The maximum absolute atomic E-state index is 15.0. The van der Waals surface area contributed by atoms with Crippen LogP contribution >= 0.6 is 0 Å². The van der Waals surface area contributed by atoms with Crippen molar-refractivity contribution >= 4 is 17.5 Å². The number of hydrogen-bond donors (Lipinski definition) is 1. The van der Waals surface area contributed by atoms with E-state index < -0.39 is 11.9 Å². The van der Waals surface area contributed by atoms with E-state index in [2.05, 4.69) is 33.4 Å². The lowest BCUT2D eigenvalue weighted by atomic mass is 9.93. The van der Waals surface area contributed by atoms with Crippen LogP contribution < -0.4 is 15.6 Å². The number of hydrogen-bond acceptors (Lipinski definition) is 7. The van der Waals surface area contributed by atoms with Crippen molar-refractivity contribution in [2.75, 3.05) is 43.5 Å². The highest BCUT2D eigenvalue weighted by Gasteiger charge is 2.30. The SMILES string of the molecule is C#CN(/C=C1/CN(c2ccc(N3CCC(C(=C)N(C)/N=N\N)CC3)c(F)c2)C(=O)O1)N=NC. The summed E-state index contributed by atoms with van der Waals surface area (Å²) >= 11 is 0. The van der Waals surface area contributed by atoms with E-state index in [0.717, 1.165) is 23.5 Å². The van der Waals surface area contributed by atoms with Gasteiger partial charge < -0.3 is 15.5 Å². The fourth-order valence-electron chi connectivity index (χ4n) is 3.78. The van der Waals surface area contributed by atoms with Crippen molar-refractivity contribution < 1.29 is 13.9 Å². The second kappa shape index (κ2) is 10.4. The van der Waals surface area contributed by atoms with Gasteiger partial charge in [-0.1, -0.05) is 23.4 Å². The van der Waals surface area contributed by atoms with Gasteiger partial charge in [-0.15, -0.1) is 0 Å². The summed E-state index contributed by atoms with van der Waals surface area (Å²) in [6, 6.07) is 6.95. The van der Waals surface area contributed by atoms with E-state index in [1.165, 1.54) is 24.2 Å². The summed E-state index contributed by atoms with van der Waals surface area (Å²) in [7, 11) is 3.21. The molecule has 174 valence electrons. The third-order valence-corrected chi connectivity index (χ3v) is 5.49. The Morgan fingerprint density at radius 3 is 2.73 bits per heavy atom. The molecule has 11 nitrogen and oxygen atoms in total. The highest BCUT2D eigenvalue weighted by Crippen LogP contribution is 2.32. The molecule has 2 aliphatic rings. The van der Waals surface area contributed by atoms with Gasteiger partial charge >= 0.3 is 6.09 Å². The number of nitrogens with zero attached hydrogens (tertiary/aromatic N) is 8. The minimum Gasteiger partial charge on any atom is -0.411 e. The number of allylic oxidation sites excluding steroid dienone is 1. The Morgan fingerprint density at radius 2 is 2.12 bits per heavy atom. The van der Waals surface area contributed by atoms with Gasteiger partial charge in [0.25, 0.3) is 0 Å². The molecule has 0 atom stereocenters. The summed E-state index contributed by atoms with van der Waals surface area (Å²) in [4.78, 5) is 15.6. The van der Waals surface area contributed by atoms with Crippen molar-refractivity contribution in [1.29, 1.82) is 0 Å². The molecule has 33 heavy (non-hydrogen) atoms. The summed E-state index contributed by atoms with van der Waals surface area (Å²) < 4.78 is 20.2. The van der Waals surface area contributed by atoms with Crippen molar-refractivity contribution in [3.63, 3.8) is 0 Å². The molecule has 3 rings (SSSR count). The van der Waals surface area contributed by atoms with Crippen LogP contribution in [0.1, 0.15) is 12.8 Å². The number of carbonyl (C=O) groups is 1. The van der Waals surface area contributed by atoms with E-state index in [-0.39, 0.29) is 18.2 Å². The van der Waals surface area contributed by atoms with Crippen molar-refractivity contribution in [3.8, 4) is 12.5 Å². The average Bonchev–Trinajstić information content (AvgIpc) is 3.18. The topological polar surface area (TPSA) is 115 Å². The van der Waals surface area contributed by atoms with Crippen molar-refractivity contribution in [2.45, 2.75) is 12.8 Å². The first-order chi connectivity index (χ1) is 15.9. The predicted molar refractivity (Wildman–Crippen MR) is 121 cm³/mol. The molecule has 1 amide bonds. The van der Waals surface area contributed by atoms with E-state index in [0.29, 0.717) is 24.5 Å². The number of carbonyl (C=O) groups excluding carboxylic acids is 1. The molecular weight excluding hydrogens is 429 g/mol. The predicted octanol–water partition coefficient (Wildman–Crippen LogP) is 3.42. The van der Waals surface area contributed by atoms with Gasteiger partial charge in [-0.05, 0) is 36.3 Å². The van der Waals surface area contributed by atoms with Gasteiger partial charge in [-0.3, -0.25) is 9.91 Å². The van der Waals surface area contributed by atoms with Crippen LogP contribution in [0.2, 0.25) is 0 Å². The van der Waals surface area contributed by atoms with E-state index in [9.17, 15) is 9.18 Å². The number of ether oxygens (including phenoxy) is 1. The molecule has 2 heterocycles. The molecule has 2 N–H and O–H groups in total. The van der Waals surface area contributed by atoms with E-state index in [1.807, 2.05) is 4.90 Å². The first-order valence-electron chi connectivity index (χ1n) is 10.2. The Labute approximate surface area is 191 Å². The normalized spacial score (nSPS) is 18.2. The molecule has 2 saturated heterocycles. The van der Waals surface area contributed by atoms with Crippen LogP contribution in [0.25, 0.3) is 0 Å². The number of terminal acetylenes is 1. The second-order valence-electron chi connectivity index (χ2n) is 7.43. The third-order valence-electron chi connectivity index (χ3n) is 5.49. The van der Waals surface area contributed by atoms with Crippen molar-refractivity contribution in [2.24, 2.45) is 32.5 Å². The van der Waals surface area contributed by atoms with Gasteiger partial charge in [0.15, 0.2) is 0 Å². The third kappa shape index (κ3) is 5.38. The zero-order chi connectivity index (χ0) is 24.0. The molecule has 1 aromatic rings. The number of amides is 1. The quantitative estimate of drug-likeness (QED) is 0.222. The molecule has 2 fully saturated rings. The first kappa shape index (κ1) is 23.5. The highest BCUT2D eigenvalue weighted by atomic mass is 19.1. The Hall–Kier alpha value is -4.14. The van der Waals surface area contributed by atoms with Gasteiger partial charge in [0.05, 0.1) is 31.2 Å². The lowest BCUT2D eigenvalue weighted by molar-refractivity contribution is 0.197. The van der Waals surface area contributed by atoms with Crippen LogP contribution in [-0.2, 0) is 4.74 Å². The maximum Gasteiger partial charge on any atom is 0.419 e. The maximum atomic E-state index is 15.0. The molecule has 0 unspecified atom stereocenters. The minimum atomic E-state index is -0.628. The number of anilines is 2. The molecule has 0 aliphatic carbocycles. The van der Waals surface area contributed by atoms with Gasteiger partial charge in [0.1, 0.15) is 11.6 Å². The number of halogens is 1. The smallest absolute Gasteiger partial charge is 0.411 e. The van der Waals surface area contributed by atoms with Crippen molar-refractivity contribution in [3.05, 3.63) is 48.3 Å². The summed E-state index contributed by atoms with van der Waals surface area (Å²) in [5, 5.41) is 17.0. The molecule has 0 aromatic heterocycles.